The number of anilines is 2. The van der Waals surface area contributed by atoms with Crippen LogP contribution in [-0.2, 0) is 4.74 Å². The highest BCUT2D eigenvalue weighted by atomic mass is 16.6. The smallest absolute Gasteiger partial charge is 0.353 e. The number of rotatable bonds is 3. The van der Waals surface area contributed by atoms with E-state index in [9.17, 15) is 10.1 Å². The number of nitrogens with two attached hydrogens (primary N) is 1. The Hall–Kier alpha value is -1.96. The highest BCUT2D eigenvalue weighted by Gasteiger charge is 2.31. The van der Waals surface area contributed by atoms with Gasteiger partial charge in [0.25, 0.3) is 0 Å². The van der Waals surface area contributed by atoms with Crippen molar-refractivity contribution in [3.63, 3.8) is 0 Å². The van der Waals surface area contributed by atoms with Crippen molar-refractivity contribution in [2.45, 2.75) is 25.3 Å². The number of nitro groups is 1. The van der Waals surface area contributed by atoms with E-state index in [-0.39, 0.29) is 22.9 Å². The van der Waals surface area contributed by atoms with Crippen LogP contribution in [0.25, 0.3) is 0 Å². The van der Waals surface area contributed by atoms with E-state index in [1.807, 2.05) is 6.92 Å². The minimum Gasteiger partial charge on any atom is -0.379 e. The van der Waals surface area contributed by atoms with Crippen molar-refractivity contribution in [3.8, 4) is 0 Å². The molecule has 1 aliphatic heterocycles. The van der Waals surface area contributed by atoms with Crippen molar-refractivity contribution < 1.29 is 9.66 Å². The van der Waals surface area contributed by atoms with Crippen molar-refractivity contribution in [3.05, 3.63) is 16.4 Å². The van der Waals surface area contributed by atoms with Crippen LogP contribution in [0.5, 0.6) is 0 Å². The Morgan fingerprint density at radius 2 is 2.39 bits per heavy atom. The molecule has 1 aromatic heterocycles. The lowest BCUT2D eigenvalue weighted by atomic mass is 9.95. The van der Waals surface area contributed by atoms with Gasteiger partial charge < -0.3 is 15.8 Å². The van der Waals surface area contributed by atoms with Gasteiger partial charge >= 0.3 is 5.69 Å². The van der Waals surface area contributed by atoms with Crippen molar-refractivity contribution in [2.75, 3.05) is 24.3 Å². The average molecular weight is 253 g/mol. The van der Waals surface area contributed by atoms with Gasteiger partial charge in [-0.3, -0.25) is 10.1 Å². The first kappa shape index (κ1) is 12.5. The van der Waals surface area contributed by atoms with Crippen LogP contribution in [0.15, 0.2) is 6.33 Å². The molecule has 0 aromatic carbocycles. The normalized spacial score (nSPS) is 23.6. The minimum absolute atomic E-state index is 0.139. The van der Waals surface area contributed by atoms with Gasteiger partial charge in [0.15, 0.2) is 0 Å². The molecule has 8 heteroatoms. The first-order valence-corrected chi connectivity index (χ1v) is 5.63. The summed E-state index contributed by atoms with van der Waals surface area (Å²) in [6.45, 7) is 3.13. The van der Waals surface area contributed by atoms with E-state index < -0.39 is 4.92 Å². The molecule has 1 atom stereocenters. The van der Waals surface area contributed by atoms with Gasteiger partial charge in [0, 0.05) is 6.61 Å². The Bertz CT molecular complexity index is 459. The largest absolute Gasteiger partial charge is 0.379 e. The van der Waals surface area contributed by atoms with Gasteiger partial charge in [0.1, 0.15) is 6.33 Å². The molecule has 1 saturated heterocycles. The zero-order valence-electron chi connectivity index (χ0n) is 10.0. The number of nitrogens with zero attached hydrogens (tertiary/aromatic N) is 3. The summed E-state index contributed by atoms with van der Waals surface area (Å²) >= 11 is 0. The summed E-state index contributed by atoms with van der Waals surface area (Å²) in [5.41, 5.74) is 4.85. The Morgan fingerprint density at radius 3 is 3.00 bits per heavy atom. The van der Waals surface area contributed by atoms with Crippen molar-refractivity contribution in [2.24, 2.45) is 0 Å². The topological polar surface area (TPSA) is 116 Å². The summed E-state index contributed by atoms with van der Waals surface area (Å²) in [5, 5.41) is 14.0. The second kappa shape index (κ2) is 4.73. The zero-order valence-corrected chi connectivity index (χ0v) is 10.0. The maximum Gasteiger partial charge on any atom is 0.353 e. The molecule has 2 heterocycles. The monoisotopic (exact) mass is 253 g/mol. The molecule has 0 spiro atoms. The Kier molecular flexibility index (Phi) is 3.28. The third-order valence-corrected chi connectivity index (χ3v) is 2.89. The molecule has 1 aliphatic rings. The molecule has 1 fully saturated rings. The van der Waals surface area contributed by atoms with Crippen LogP contribution in [0.1, 0.15) is 19.8 Å². The predicted molar refractivity (Wildman–Crippen MR) is 65.2 cm³/mol. The predicted octanol–water partition coefficient (Wildman–Crippen LogP) is 0.948. The second-order valence-corrected chi connectivity index (χ2v) is 4.56. The summed E-state index contributed by atoms with van der Waals surface area (Å²) in [4.78, 5) is 17.9. The van der Waals surface area contributed by atoms with Gasteiger partial charge in [-0.05, 0) is 19.8 Å². The van der Waals surface area contributed by atoms with Crippen LogP contribution in [0.3, 0.4) is 0 Å². The molecule has 0 bridgehead atoms. The lowest BCUT2D eigenvalue weighted by molar-refractivity contribution is -0.383. The van der Waals surface area contributed by atoms with Gasteiger partial charge in [-0.15, -0.1) is 0 Å². The molecule has 1 unspecified atom stereocenters. The Labute approximate surface area is 104 Å². The van der Waals surface area contributed by atoms with Gasteiger partial charge in [0.2, 0.25) is 11.6 Å². The molecule has 8 nitrogen and oxygen atoms in total. The lowest BCUT2D eigenvalue weighted by Crippen LogP contribution is -2.43. The highest BCUT2D eigenvalue weighted by Crippen LogP contribution is 2.31. The first-order valence-electron chi connectivity index (χ1n) is 5.63. The fraction of sp³-hybridized carbons (Fsp3) is 0.600. The molecular formula is C10H15N5O3. The van der Waals surface area contributed by atoms with Gasteiger partial charge in [0.05, 0.1) is 17.1 Å². The number of hydrogen-bond acceptors (Lipinski definition) is 7. The van der Waals surface area contributed by atoms with Gasteiger partial charge in [-0.2, -0.15) is 0 Å². The van der Waals surface area contributed by atoms with Crippen LogP contribution in [0, 0.1) is 10.1 Å². The third kappa shape index (κ3) is 2.48. The van der Waals surface area contributed by atoms with Crippen molar-refractivity contribution in [1.29, 1.82) is 0 Å². The Balaban J connectivity index is 2.28. The number of hydrogen-bond donors (Lipinski definition) is 2. The average Bonchev–Trinajstić information content (AvgIpc) is 2.28. The molecule has 0 saturated carbocycles. The molecule has 2 rings (SSSR count). The van der Waals surface area contributed by atoms with Gasteiger partial charge in [-0.1, -0.05) is 0 Å². The highest BCUT2D eigenvalue weighted by molar-refractivity contribution is 5.67. The van der Waals surface area contributed by atoms with E-state index in [1.165, 1.54) is 6.33 Å². The summed E-state index contributed by atoms with van der Waals surface area (Å²) in [6.07, 6.45) is 2.96. The molecule has 1 aromatic rings. The SMILES string of the molecule is CC1(Nc2ncnc(N)c2[N+](=O)[O-])CCCOC1. The van der Waals surface area contributed by atoms with Crippen LogP contribution < -0.4 is 11.1 Å². The summed E-state index contributed by atoms with van der Waals surface area (Å²) < 4.78 is 5.38. The molecule has 98 valence electrons. The Morgan fingerprint density at radius 1 is 1.61 bits per heavy atom. The summed E-state index contributed by atoms with van der Waals surface area (Å²) in [5.74, 6) is -0.00155. The van der Waals surface area contributed by atoms with Crippen molar-refractivity contribution >= 4 is 17.3 Å². The number of nitrogens with one attached hydrogen (secondary N) is 1. The maximum absolute atomic E-state index is 11.0. The summed E-state index contributed by atoms with van der Waals surface area (Å²) in [6, 6.07) is 0. The van der Waals surface area contributed by atoms with E-state index in [4.69, 9.17) is 10.5 Å². The molecule has 0 aliphatic carbocycles. The fourth-order valence-electron chi connectivity index (χ4n) is 1.98. The minimum atomic E-state index is -0.579. The lowest BCUT2D eigenvalue weighted by Gasteiger charge is -2.34. The molecular weight excluding hydrogens is 238 g/mol. The van der Waals surface area contributed by atoms with E-state index in [0.717, 1.165) is 12.8 Å². The van der Waals surface area contributed by atoms with Crippen LogP contribution in [-0.4, -0.2) is 33.6 Å². The zero-order chi connectivity index (χ0) is 13.2. The van der Waals surface area contributed by atoms with E-state index in [2.05, 4.69) is 15.3 Å². The third-order valence-electron chi connectivity index (χ3n) is 2.89. The van der Waals surface area contributed by atoms with Crippen LogP contribution >= 0.6 is 0 Å². The standard InChI is InChI=1S/C10H15N5O3/c1-10(3-2-4-18-5-10)14-9-7(15(16)17)8(11)12-6-13-9/h6H,2-5H2,1H3,(H3,11,12,13,14). The number of ether oxygens (including phenoxy) is 1. The molecule has 0 radical (unpaired) electrons. The fourth-order valence-corrected chi connectivity index (χ4v) is 1.98. The molecule has 3 N–H and O–H groups in total. The van der Waals surface area contributed by atoms with Gasteiger partial charge in [-0.25, -0.2) is 9.97 Å². The van der Waals surface area contributed by atoms with Crippen LogP contribution in [0.2, 0.25) is 0 Å². The molecule has 0 amide bonds. The maximum atomic E-state index is 11.0. The van der Waals surface area contributed by atoms with E-state index in [0.29, 0.717) is 13.2 Å². The second-order valence-electron chi connectivity index (χ2n) is 4.56. The molecule has 18 heavy (non-hydrogen) atoms. The summed E-state index contributed by atoms with van der Waals surface area (Å²) in [7, 11) is 0. The quantitative estimate of drug-likeness (QED) is 0.608. The van der Waals surface area contributed by atoms with E-state index in [1.54, 1.807) is 0 Å². The van der Waals surface area contributed by atoms with Crippen molar-refractivity contribution in [1.82, 2.24) is 9.97 Å². The van der Waals surface area contributed by atoms with Crippen LogP contribution in [0.4, 0.5) is 17.3 Å². The first-order chi connectivity index (χ1) is 8.52. The van der Waals surface area contributed by atoms with E-state index >= 15 is 0 Å². The number of nitrogen functional groups attached to an aromatic ring is 1. The number of aromatic nitrogens is 2.